The zero-order chi connectivity index (χ0) is 70.4. The van der Waals surface area contributed by atoms with Crippen LogP contribution < -0.4 is 5.32 Å². The zero-order valence-electron chi connectivity index (χ0n) is 60.3. The van der Waals surface area contributed by atoms with Gasteiger partial charge in [0.1, 0.15) is 73.2 Å². The Morgan fingerprint density at radius 1 is 0.371 bits per heavy atom. The number of hydrogen-bond donors (Lipinski definition) is 12. The van der Waals surface area contributed by atoms with Crippen LogP contribution >= 0.6 is 0 Å². The molecule has 12 N–H and O–H groups in total. The maximum absolute atomic E-state index is 13.4. The molecular weight excluding hydrogens is 1240 g/mol. The summed E-state index contributed by atoms with van der Waals surface area (Å²) in [5.41, 5.74) is 0. The Morgan fingerprint density at radius 2 is 0.691 bits per heavy atom. The van der Waals surface area contributed by atoms with E-state index in [0.717, 1.165) is 64.2 Å². The fraction of sp³-hybridized carbons (Fsp3) is 0.859. The predicted molar refractivity (Wildman–Crippen MR) is 383 cm³/mol. The smallest absolute Gasteiger partial charge is 0.220 e. The van der Waals surface area contributed by atoms with Gasteiger partial charge in [0.2, 0.25) is 5.91 Å². The second-order valence-corrected chi connectivity index (χ2v) is 27.8. The fourth-order valence-electron chi connectivity index (χ4n) is 13.0. The molecule has 3 rings (SSSR count). The lowest BCUT2D eigenvalue weighted by atomic mass is 9.96. The van der Waals surface area contributed by atoms with E-state index in [0.29, 0.717) is 12.8 Å². The molecule has 19 heteroatoms. The molecular formula is C78H141NO18. The Bertz CT molecular complexity index is 1990. The SMILES string of the molecule is CCCCCCC/C=C\C/C=C\CCCCCCCCCCCC(=O)NC(COC1OC(CO)C(OC2OC(CO)C(OC3OC(CO)C(O)C(O)C3O)C(O)C2O)C(O)C1O)C(O)/C=C/CC/C=C/CC/C=C/CCCCCCCCCCCCCCCCCCCCCCC. The highest BCUT2D eigenvalue weighted by Crippen LogP contribution is 2.33. The average Bonchev–Trinajstić information content (AvgIpc) is 0.789. The Hall–Kier alpha value is -2.51. The number of rotatable bonds is 61. The Morgan fingerprint density at radius 3 is 1.09 bits per heavy atom. The lowest BCUT2D eigenvalue weighted by molar-refractivity contribution is -0.379. The molecule has 17 unspecified atom stereocenters. The average molecular weight is 1380 g/mol. The number of ether oxygens (including phenoxy) is 6. The summed E-state index contributed by atoms with van der Waals surface area (Å²) in [5.74, 6) is -0.293. The molecule has 97 heavy (non-hydrogen) atoms. The van der Waals surface area contributed by atoms with Gasteiger partial charge < -0.3 is 89.9 Å². The van der Waals surface area contributed by atoms with Crippen LogP contribution in [0.2, 0.25) is 0 Å². The van der Waals surface area contributed by atoms with Crippen molar-refractivity contribution in [3.8, 4) is 0 Å². The predicted octanol–water partition coefficient (Wildman–Crippen LogP) is 12.3. The molecule has 0 spiro atoms. The largest absolute Gasteiger partial charge is 0.394 e. The summed E-state index contributed by atoms with van der Waals surface area (Å²) in [6.07, 6.45) is 47.8. The monoisotopic (exact) mass is 1380 g/mol. The van der Waals surface area contributed by atoms with Crippen LogP contribution in [0.25, 0.3) is 0 Å². The summed E-state index contributed by atoms with van der Waals surface area (Å²) >= 11 is 0. The van der Waals surface area contributed by atoms with Crippen LogP contribution in [-0.2, 0) is 33.2 Å². The zero-order valence-corrected chi connectivity index (χ0v) is 60.3. The molecule has 3 fully saturated rings. The standard InChI is InChI=1S/C78H141NO18/c1-3-5-7-9-11-13-15-17-19-21-23-25-26-27-28-29-30-31-32-33-34-36-37-39-41-43-45-47-49-51-53-55-62(83)61(79-66(84)56-54-52-50-48-46-44-42-40-38-35-24-22-20-18-16-14-12-10-8-6-4-2)60-92-76-72(90)69(87)74(64(58-81)94-76)97-78-73(91)70(88)75(65(59-82)95-78)96-77-71(89)68(86)67(85)63(57-80)93-77/h16,18,22,24,37,39,45,47,53,55,61-65,67-78,80-83,85-91H,3-15,17,19-21,23,25-36,38,40-44,46,48-52,54,56-60H2,1-2H3,(H,79,84)/b18-16-,24-22-,39-37+,47-45+,55-53+. The van der Waals surface area contributed by atoms with Crippen molar-refractivity contribution in [2.45, 2.75) is 401 Å². The van der Waals surface area contributed by atoms with Crippen LogP contribution in [0.15, 0.2) is 60.8 Å². The van der Waals surface area contributed by atoms with Crippen LogP contribution in [0.4, 0.5) is 0 Å². The van der Waals surface area contributed by atoms with Crippen LogP contribution in [-0.4, -0.2) is 193 Å². The van der Waals surface area contributed by atoms with Crippen molar-refractivity contribution in [1.29, 1.82) is 0 Å². The normalized spacial score (nSPS) is 27.2. The summed E-state index contributed by atoms with van der Waals surface area (Å²) in [5, 5.41) is 121. The van der Waals surface area contributed by atoms with Gasteiger partial charge in [-0.25, -0.2) is 0 Å². The molecule has 0 aliphatic carbocycles. The van der Waals surface area contributed by atoms with Gasteiger partial charge in [0, 0.05) is 6.42 Å². The number of amides is 1. The van der Waals surface area contributed by atoms with E-state index < -0.39 is 124 Å². The first-order chi connectivity index (χ1) is 47.3. The van der Waals surface area contributed by atoms with Crippen LogP contribution in [0.5, 0.6) is 0 Å². The molecule has 0 aromatic carbocycles. The van der Waals surface area contributed by atoms with E-state index in [-0.39, 0.29) is 18.9 Å². The number of nitrogens with one attached hydrogen (secondary N) is 1. The molecule has 0 aromatic rings. The van der Waals surface area contributed by atoms with Crippen molar-refractivity contribution < 1.29 is 89.4 Å². The van der Waals surface area contributed by atoms with Gasteiger partial charge in [0.05, 0.1) is 38.6 Å². The van der Waals surface area contributed by atoms with Crippen LogP contribution in [0, 0.1) is 0 Å². The molecule has 3 saturated heterocycles. The molecule has 3 aliphatic rings. The summed E-state index contributed by atoms with van der Waals surface area (Å²) in [7, 11) is 0. The third-order valence-electron chi connectivity index (χ3n) is 19.3. The number of hydrogen-bond acceptors (Lipinski definition) is 18. The maximum atomic E-state index is 13.4. The second-order valence-electron chi connectivity index (χ2n) is 27.8. The quantitative estimate of drug-likeness (QED) is 0.0199. The van der Waals surface area contributed by atoms with Crippen LogP contribution in [0.1, 0.15) is 296 Å². The van der Waals surface area contributed by atoms with E-state index >= 15 is 0 Å². The molecule has 0 bridgehead atoms. The van der Waals surface area contributed by atoms with Gasteiger partial charge in [-0.3, -0.25) is 4.79 Å². The third-order valence-corrected chi connectivity index (χ3v) is 19.3. The van der Waals surface area contributed by atoms with Crippen molar-refractivity contribution in [2.24, 2.45) is 0 Å². The van der Waals surface area contributed by atoms with Gasteiger partial charge in [0.15, 0.2) is 18.9 Å². The highest BCUT2D eigenvalue weighted by Gasteiger charge is 2.53. The summed E-state index contributed by atoms with van der Waals surface area (Å²) in [4.78, 5) is 13.4. The van der Waals surface area contributed by atoms with Crippen molar-refractivity contribution in [3.63, 3.8) is 0 Å². The maximum Gasteiger partial charge on any atom is 0.220 e. The molecule has 0 aromatic heterocycles. The molecule has 19 nitrogen and oxygen atoms in total. The highest BCUT2D eigenvalue weighted by molar-refractivity contribution is 5.76. The van der Waals surface area contributed by atoms with Crippen molar-refractivity contribution in [2.75, 3.05) is 26.4 Å². The minimum Gasteiger partial charge on any atom is -0.394 e. The molecule has 17 atom stereocenters. The number of carbonyl (C=O) groups is 1. The first kappa shape index (κ1) is 88.7. The number of aliphatic hydroxyl groups is 11. The van der Waals surface area contributed by atoms with E-state index in [9.17, 15) is 61.0 Å². The van der Waals surface area contributed by atoms with Gasteiger partial charge in [-0.2, -0.15) is 0 Å². The van der Waals surface area contributed by atoms with E-state index in [4.69, 9.17) is 28.4 Å². The van der Waals surface area contributed by atoms with Gasteiger partial charge in [-0.15, -0.1) is 0 Å². The topological polar surface area (TPSA) is 307 Å². The molecule has 0 saturated carbocycles. The fourth-order valence-corrected chi connectivity index (χ4v) is 13.0. The molecule has 0 radical (unpaired) electrons. The van der Waals surface area contributed by atoms with Crippen molar-refractivity contribution >= 4 is 5.91 Å². The number of allylic oxidation sites excluding steroid dienone is 9. The Balaban J connectivity index is 1.41. The lowest BCUT2D eigenvalue weighted by Gasteiger charge is -2.48. The van der Waals surface area contributed by atoms with Crippen LogP contribution in [0.3, 0.4) is 0 Å². The molecule has 3 heterocycles. The number of unbranched alkanes of at least 4 members (excludes halogenated alkanes) is 37. The van der Waals surface area contributed by atoms with Crippen molar-refractivity contribution in [1.82, 2.24) is 5.32 Å². The van der Waals surface area contributed by atoms with Crippen molar-refractivity contribution in [3.05, 3.63) is 60.8 Å². The first-order valence-electron chi connectivity index (χ1n) is 39.0. The van der Waals surface area contributed by atoms with E-state index in [1.165, 1.54) is 199 Å². The summed E-state index contributed by atoms with van der Waals surface area (Å²) in [6, 6.07) is -1.00. The third kappa shape index (κ3) is 39.6. The van der Waals surface area contributed by atoms with Gasteiger partial charge in [0.25, 0.3) is 0 Å². The first-order valence-corrected chi connectivity index (χ1v) is 39.0. The lowest BCUT2D eigenvalue weighted by Crippen LogP contribution is -2.66. The minimum atomic E-state index is -1.99. The molecule has 1 amide bonds. The Labute approximate surface area is 586 Å². The van der Waals surface area contributed by atoms with Gasteiger partial charge in [-0.05, 0) is 77.0 Å². The minimum absolute atomic E-state index is 0.226. The summed E-state index contributed by atoms with van der Waals surface area (Å²) < 4.78 is 34.4. The number of carbonyl (C=O) groups excluding carboxylic acids is 1. The van der Waals surface area contributed by atoms with E-state index in [1.807, 2.05) is 6.08 Å². The van der Waals surface area contributed by atoms with E-state index in [2.05, 4.69) is 67.8 Å². The molecule has 3 aliphatic heterocycles. The van der Waals surface area contributed by atoms with Gasteiger partial charge >= 0.3 is 0 Å². The Kier molecular flexibility index (Phi) is 53.9. The summed E-state index contributed by atoms with van der Waals surface area (Å²) in [6.45, 7) is 1.72. The molecule has 566 valence electrons. The van der Waals surface area contributed by atoms with E-state index in [1.54, 1.807) is 6.08 Å². The number of aliphatic hydroxyl groups excluding tert-OH is 11. The second kappa shape index (κ2) is 58.9. The van der Waals surface area contributed by atoms with Gasteiger partial charge in [-0.1, -0.05) is 274 Å². The highest BCUT2D eigenvalue weighted by atomic mass is 16.8.